The summed E-state index contributed by atoms with van der Waals surface area (Å²) in [6.45, 7) is 9.48. The predicted molar refractivity (Wildman–Crippen MR) is 124 cm³/mol. The van der Waals surface area contributed by atoms with Crippen molar-refractivity contribution in [2.24, 2.45) is 5.92 Å². The molecule has 2 amide bonds. The third kappa shape index (κ3) is 7.12. The highest BCUT2D eigenvalue weighted by atomic mass is 16.5. The van der Waals surface area contributed by atoms with Crippen LogP contribution in [0.1, 0.15) is 74.1 Å². The molecule has 2 aromatic rings. The van der Waals surface area contributed by atoms with E-state index < -0.39 is 0 Å². The van der Waals surface area contributed by atoms with Gasteiger partial charge >= 0.3 is 0 Å². The summed E-state index contributed by atoms with van der Waals surface area (Å²) in [6.07, 6.45) is 4.07. The van der Waals surface area contributed by atoms with Gasteiger partial charge in [0, 0.05) is 17.7 Å². The fourth-order valence-corrected chi connectivity index (χ4v) is 3.52. The van der Waals surface area contributed by atoms with Crippen molar-refractivity contribution in [1.29, 1.82) is 0 Å². The van der Waals surface area contributed by atoms with E-state index in [1.54, 1.807) is 36.4 Å². The summed E-state index contributed by atoms with van der Waals surface area (Å²) in [5, 5.41) is 0. The first-order valence-electron chi connectivity index (χ1n) is 11.4. The normalized spacial score (nSPS) is 11.6. The van der Waals surface area contributed by atoms with Crippen LogP contribution in [0.3, 0.4) is 0 Å². The summed E-state index contributed by atoms with van der Waals surface area (Å²) in [7, 11) is 0. The van der Waals surface area contributed by atoms with Gasteiger partial charge in [-0.3, -0.25) is 14.5 Å². The maximum Gasteiger partial charge on any atom is 0.260 e. The van der Waals surface area contributed by atoms with Crippen molar-refractivity contribution in [3.8, 4) is 11.5 Å². The number of carbonyl (C=O) groups is 2. The highest BCUT2D eigenvalue weighted by Crippen LogP contribution is 2.22. The van der Waals surface area contributed by atoms with Gasteiger partial charge in [-0.2, -0.15) is 0 Å². The van der Waals surface area contributed by atoms with Gasteiger partial charge in [-0.15, -0.1) is 0 Å². The standard InChI is InChI=1S/C26H35NO4/c1-5-9-12-20(6-2)19-27(25(28)21-13-10-15-23(17-21)30-7-3)26(29)22-14-11-16-24(18-22)31-8-4/h10-11,13-18,20H,5-9,12,19H2,1-4H3. The van der Waals surface area contributed by atoms with Crippen molar-refractivity contribution in [3.05, 3.63) is 59.7 Å². The van der Waals surface area contributed by atoms with Crippen LogP contribution in [0.15, 0.2) is 48.5 Å². The Bertz CT molecular complexity index is 787. The Morgan fingerprint density at radius 3 is 1.77 bits per heavy atom. The molecule has 0 radical (unpaired) electrons. The molecule has 0 spiro atoms. The molecule has 0 bridgehead atoms. The summed E-state index contributed by atoms with van der Waals surface area (Å²) in [5.41, 5.74) is 0.899. The second-order valence-electron chi connectivity index (χ2n) is 7.56. The Morgan fingerprint density at radius 1 is 0.839 bits per heavy atom. The molecule has 5 nitrogen and oxygen atoms in total. The Morgan fingerprint density at radius 2 is 1.35 bits per heavy atom. The van der Waals surface area contributed by atoms with E-state index >= 15 is 0 Å². The monoisotopic (exact) mass is 425 g/mol. The van der Waals surface area contributed by atoms with E-state index in [-0.39, 0.29) is 17.7 Å². The molecule has 2 aromatic carbocycles. The van der Waals surface area contributed by atoms with E-state index in [0.717, 1.165) is 25.7 Å². The Balaban J connectivity index is 2.37. The minimum Gasteiger partial charge on any atom is -0.494 e. The first-order valence-corrected chi connectivity index (χ1v) is 11.4. The molecule has 0 aliphatic heterocycles. The van der Waals surface area contributed by atoms with Crippen molar-refractivity contribution < 1.29 is 19.1 Å². The van der Waals surface area contributed by atoms with Crippen molar-refractivity contribution in [2.45, 2.75) is 53.4 Å². The molecule has 1 unspecified atom stereocenters. The van der Waals surface area contributed by atoms with Crippen LogP contribution < -0.4 is 9.47 Å². The SMILES string of the molecule is CCCCC(CC)CN(C(=O)c1cccc(OCC)c1)C(=O)c1cccc(OCC)c1. The maximum atomic E-state index is 13.5. The predicted octanol–water partition coefficient (Wildman–Crippen LogP) is 5.98. The lowest BCUT2D eigenvalue weighted by Crippen LogP contribution is -2.40. The van der Waals surface area contributed by atoms with Crippen LogP contribution in [0.25, 0.3) is 0 Å². The van der Waals surface area contributed by atoms with Gasteiger partial charge in [0.1, 0.15) is 11.5 Å². The summed E-state index contributed by atoms with van der Waals surface area (Å²) >= 11 is 0. The minimum absolute atomic E-state index is 0.262. The quantitative estimate of drug-likeness (QED) is 0.392. The molecule has 2 rings (SSSR count). The number of ether oxygens (including phenoxy) is 2. The molecule has 0 fully saturated rings. The number of unbranched alkanes of at least 4 members (excludes halogenated alkanes) is 1. The highest BCUT2D eigenvalue weighted by Gasteiger charge is 2.27. The number of rotatable bonds is 12. The fraction of sp³-hybridized carbons (Fsp3) is 0.462. The van der Waals surface area contributed by atoms with Crippen LogP contribution in [0.2, 0.25) is 0 Å². The zero-order chi connectivity index (χ0) is 22.6. The highest BCUT2D eigenvalue weighted by molar-refractivity contribution is 6.10. The van der Waals surface area contributed by atoms with Gasteiger partial charge in [0.25, 0.3) is 11.8 Å². The van der Waals surface area contributed by atoms with Crippen molar-refractivity contribution >= 4 is 11.8 Å². The second kappa shape index (κ2) is 12.8. The minimum atomic E-state index is -0.302. The molecule has 0 heterocycles. The molecule has 0 aromatic heterocycles. The van der Waals surface area contributed by atoms with Crippen LogP contribution in [-0.2, 0) is 0 Å². The van der Waals surface area contributed by atoms with E-state index in [4.69, 9.17) is 9.47 Å². The largest absolute Gasteiger partial charge is 0.494 e. The molecule has 0 saturated heterocycles. The zero-order valence-electron chi connectivity index (χ0n) is 19.2. The van der Waals surface area contributed by atoms with Gasteiger partial charge < -0.3 is 9.47 Å². The fourth-order valence-electron chi connectivity index (χ4n) is 3.52. The average Bonchev–Trinajstić information content (AvgIpc) is 2.79. The summed E-state index contributed by atoms with van der Waals surface area (Å²) < 4.78 is 11.1. The second-order valence-corrected chi connectivity index (χ2v) is 7.56. The molecule has 0 N–H and O–H groups in total. The smallest absolute Gasteiger partial charge is 0.260 e. The number of amides is 2. The van der Waals surface area contributed by atoms with Crippen molar-refractivity contribution in [3.63, 3.8) is 0 Å². The number of nitrogens with zero attached hydrogens (tertiary/aromatic N) is 1. The lowest BCUT2D eigenvalue weighted by molar-refractivity contribution is 0.0585. The van der Waals surface area contributed by atoms with Gasteiger partial charge in [0.05, 0.1) is 13.2 Å². The molecule has 0 aliphatic rings. The van der Waals surface area contributed by atoms with Crippen LogP contribution in [-0.4, -0.2) is 36.5 Å². The van der Waals surface area contributed by atoms with E-state index in [2.05, 4.69) is 13.8 Å². The number of benzene rings is 2. The number of hydrogen-bond donors (Lipinski definition) is 0. The average molecular weight is 426 g/mol. The van der Waals surface area contributed by atoms with Gasteiger partial charge in [-0.1, -0.05) is 45.2 Å². The molecular weight excluding hydrogens is 390 g/mol. The zero-order valence-corrected chi connectivity index (χ0v) is 19.2. The van der Waals surface area contributed by atoms with Gasteiger partial charge in [-0.05, 0) is 62.6 Å². The Kier molecular flexibility index (Phi) is 10.1. The number of hydrogen-bond acceptors (Lipinski definition) is 4. The Labute approximate surface area is 186 Å². The third-order valence-corrected chi connectivity index (χ3v) is 5.26. The van der Waals surface area contributed by atoms with Crippen LogP contribution >= 0.6 is 0 Å². The van der Waals surface area contributed by atoms with E-state index in [1.165, 1.54) is 4.90 Å². The molecule has 168 valence electrons. The van der Waals surface area contributed by atoms with Crippen molar-refractivity contribution in [2.75, 3.05) is 19.8 Å². The molecular formula is C26H35NO4. The van der Waals surface area contributed by atoms with Crippen molar-refractivity contribution in [1.82, 2.24) is 4.90 Å². The van der Waals surface area contributed by atoms with E-state index in [1.807, 2.05) is 26.0 Å². The van der Waals surface area contributed by atoms with Gasteiger partial charge in [0.15, 0.2) is 0 Å². The molecule has 0 aliphatic carbocycles. The van der Waals surface area contributed by atoms with E-state index in [9.17, 15) is 9.59 Å². The summed E-state index contributed by atoms with van der Waals surface area (Å²) in [6, 6.07) is 14.1. The first-order chi connectivity index (χ1) is 15.0. The van der Waals surface area contributed by atoms with Gasteiger partial charge in [0.2, 0.25) is 0 Å². The molecule has 5 heteroatoms. The Hall–Kier alpha value is -2.82. The molecule has 1 atom stereocenters. The van der Waals surface area contributed by atoms with Gasteiger partial charge in [-0.25, -0.2) is 0 Å². The number of carbonyl (C=O) groups excluding carboxylic acids is 2. The molecule has 31 heavy (non-hydrogen) atoms. The number of imide groups is 1. The topological polar surface area (TPSA) is 55.8 Å². The lowest BCUT2D eigenvalue weighted by atomic mass is 9.97. The first kappa shape index (κ1) is 24.4. The van der Waals surface area contributed by atoms with E-state index in [0.29, 0.717) is 42.4 Å². The molecule has 0 saturated carbocycles. The summed E-state index contributed by atoms with van der Waals surface area (Å²) in [5.74, 6) is 0.902. The summed E-state index contributed by atoms with van der Waals surface area (Å²) in [4.78, 5) is 28.3. The van der Waals surface area contributed by atoms with Crippen LogP contribution in [0.4, 0.5) is 0 Å². The van der Waals surface area contributed by atoms with Crippen LogP contribution in [0.5, 0.6) is 11.5 Å². The third-order valence-electron chi connectivity index (χ3n) is 5.26. The maximum absolute atomic E-state index is 13.5. The lowest BCUT2D eigenvalue weighted by Gasteiger charge is -2.26. The van der Waals surface area contributed by atoms with Crippen LogP contribution in [0, 0.1) is 5.92 Å².